The van der Waals surface area contributed by atoms with E-state index in [1.165, 1.54) is 4.80 Å². The Morgan fingerprint density at radius 3 is 2.43 bits per heavy atom. The van der Waals surface area contributed by atoms with E-state index in [1.807, 2.05) is 24.3 Å². The zero-order chi connectivity index (χ0) is 9.97. The van der Waals surface area contributed by atoms with Crippen molar-refractivity contribution in [3.05, 3.63) is 24.3 Å². The molecule has 0 unspecified atom stereocenters. The van der Waals surface area contributed by atoms with Crippen molar-refractivity contribution in [2.45, 2.75) is 0 Å². The maximum absolute atomic E-state index is 5.05. The van der Waals surface area contributed by atoms with E-state index in [4.69, 9.17) is 4.74 Å². The first-order chi connectivity index (χ1) is 6.79. The number of methoxy groups -OCH3 is 1. The van der Waals surface area contributed by atoms with E-state index in [-0.39, 0.29) is 0 Å². The van der Waals surface area contributed by atoms with E-state index in [2.05, 4.69) is 15.4 Å². The molecular weight excluding hydrogens is 180 g/mol. The number of rotatable bonds is 2. The van der Waals surface area contributed by atoms with Crippen LogP contribution in [0.1, 0.15) is 0 Å². The van der Waals surface area contributed by atoms with Gasteiger partial charge in [-0.2, -0.15) is 4.80 Å². The number of hydrogen-bond acceptors (Lipinski definition) is 4. The first kappa shape index (κ1) is 8.68. The molecule has 0 aliphatic rings. The number of ether oxygens (including phenoxy) is 1. The molecule has 5 nitrogen and oxygen atoms in total. The molecule has 0 aliphatic heterocycles. The lowest BCUT2D eigenvalue weighted by Crippen LogP contribution is -1.91. The molecule has 0 bridgehead atoms. The van der Waals surface area contributed by atoms with Crippen LogP contribution < -0.4 is 4.74 Å². The Bertz CT molecular complexity index is 421. The molecule has 72 valence electrons. The Morgan fingerprint density at radius 2 is 1.93 bits per heavy atom. The molecule has 0 atom stereocenters. The van der Waals surface area contributed by atoms with E-state index < -0.39 is 0 Å². The van der Waals surface area contributed by atoms with Crippen LogP contribution in [0.5, 0.6) is 5.75 Å². The summed E-state index contributed by atoms with van der Waals surface area (Å²) >= 11 is 0. The number of nitrogens with zero attached hydrogens (tertiary/aromatic N) is 4. The van der Waals surface area contributed by atoms with Gasteiger partial charge in [0.05, 0.1) is 14.2 Å². The fraction of sp³-hybridized carbons (Fsp3) is 0.222. The summed E-state index contributed by atoms with van der Waals surface area (Å²) in [6, 6.07) is 7.53. The van der Waals surface area contributed by atoms with Gasteiger partial charge in [-0.25, -0.2) is 0 Å². The van der Waals surface area contributed by atoms with Gasteiger partial charge >= 0.3 is 0 Å². The Kier molecular flexibility index (Phi) is 2.14. The van der Waals surface area contributed by atoms with Crippen molar-refractivity contribution in [3.63, 3.8) is 0 Å². The van der Waals surface area contributed by atoms with Gasteiger partial charge in [0.25, 0.3) is 0 Å². The average Bonchev–Trinajstić information content (AvgIpc) is 2.65. The van der Waals surface area contributed by atoms with Crippen LogP contribution in [0, 0.1) is 0 Å². The van der Waals surface area contributed by atoms with Crippen LogP contribution >= 0.6 is 0 Å². The molecule has 0 fully saturated rings. The van der Waals surface area contributed by atoms with Gasteiger partial charge in [-0.1, -0.05) is 0 Å². The Morgan fingerprint density at radius 1 is 1.21 bits per heavy atom. The topological polar surface area (TPSA) is 52.8 Å². The maximum Gasteiger partial charge on any atom is 0.204 e. The fourth-order valence-electron chi connectivity index (χ4n) is 1.14. The minimum Gasteiger partial charge on any atom is -0.497 e. The maximum atomic E-state index is 5.05. The summed E-state index contributed by atoms with van der Waals surface area (Å²) in [4.78, 5) is 1.43. The van der Waals surface area contributed by atoms with Crippen LogP contribution in [0.15, 0.2) is 24.3 Å². The summed E-state index contributed by atoms with van der Waals surface area (Å²) in [5, 5.41) is 11.8. The fourth-order valence-corrected chi connectivity index (χ4v) is 1.14. The highest BCUT2D eigenvalue weighted by atomic mass is 16.5. The zero-order valence-corrected chi connectivity index (χ0v) is 8.01. The third-order valence-corrected chi connectivity index (χ3v) is 1.86. The van der Waals surface area contributed by atoms with Crippen LogP contribution in [0.4, 0.5) is 0 Å². The molecule has 0 saturated carbocycles. The molecule has 14 heavy (non-hydrogen) atoms. The summed E-state index contributed by atoms with van der Waals surface area (Å²) < 4.78 is 5.05. The standard InChI is InChI=1S/C9H10N4O/c1-13-11-9(10-12-13)7-3-5-8(14-2)6-4-7/h3-6H,1-2H3. The lowest BCUT2D eigenvalue weighted by Gasteiger charge is -1.98. The van der Waals surface area contributed by atoms with Gasteiger partial charge in [0.15, 0.2) is 0 Å². The van der Waals surface area contributed by atoms with Gasteiger partial charge in [-0.05, 0) is 29.5 Å². The molecule has 2 aromatic rings. The van der Waals surface area contributed by atoms with Crippen LogP contribution in [0.25, 0.3) is 11.4 Å². The molecule has 0 radical (unpaired) electrons. The lowest BCUT2D eigenvalue weighted by atomic mass is 10.2. The number of aryl methyl sites for hydroxylation is 1. The third kappa shape index (κ3) is 1.56. The molecule has 0 amide bonds. The van der Waals surface area contributed by atoms with Crippen molar-refractivity contribution in [3.8, 4) is 17.1 Å². The smallest absolute Gasteiger partial charge is 0.204 e. The van der Waals surface area contributed by atoms with Gasteiger partial charge in [0, 0.05) is 5.56 Å². The number of benzene rings is 1. The Labute approximate surface area is 81.3 Å². The minimum atomic E-state index is 0.621. The second-order valence-corrected chi connectivity index (χ2v) is 2.83. The summed E-state index contributed by atoms with van der Waals surface area (Å²) in [5.74, 6) is 1.44. The van der Waals surface area contributed by atoms with E-state index in [0.717, 1.165) is 11.3 Å². The van der Waals surface area contributed by atoms with E-state index >= 15 is 0 Å². The summed E-state index contributed by atoms with van der Waals surface area (Å²) in [5.41, 5.74) is 0.930. The van der Waals surface area contributed by atoms with Crippen molar-refractivity contribution in [1.82, 2.24) is 20.2 Å². The average molecular weight is 190 g/mol. The molecule has 2 rings (SSSR count). The van der Waals surface area contributed by atoms with Crippen molar-refractivity contribution < 1.29 is 4.74 Å². The molecule has 0 N–H and O–H groups in total. The first-order valence-corrected chi connectivity index (χ1v) is 4.18. The van der Waals surface area contributed by atoms with Crippen molar-refractivity contribution in [2.75, 3.05) is 7.11 Å². The predicted octanol–water partition coefficient (Wildman–Crippen LogP) is 0.886. The van der Waals surface area contributed by atoms with E-state index in [9.17, 15) is 0 Å². The number of tetrazole rings is 1. The monoisotopic (exact) mass is 190 g/mol. The minimum absolute atomic E-state index is 0.621. The third-order valence-electron chi connectivity index (χ3n) is 1.86. The lowest BCUT2D eigenvalue weighted by molar-refractivity contribution is 0.415. The SMILES string of the molecule is COc1ccc(-c2nnn(C)n2)cc1. The van der Waals surface area contributed by atoms with Gasteiger partial charge in [-0.3, -0.25) is 0 Å². The molecule has 1 aromatic carbocycles. The van der Waals surface area contributed by atoms with Gasteiger partial charge < -0.3 is 4.74 Å². The van der Waals surface area contributed by atoms with Crippen LogP contribution in [-0.2, 0) is 7.05 Å². The molecular formula is C9H10N4O. The zero-order valence-electron chi connectivity index (χ0n) is 8.01. The van der Waals surface area contributed by atoms with Gasteiger partial charge in [-0.15, -0.1) is 10.2 Å². The van der Waals surface area contributed by atoms with Gasteiger partial charge in [0.1, 0.15) is 5.75 Å². The van der Waals surface area contributed by atoms with Crippen LogP contribution in [0.3, 0.4) is 0 Å². The second kappa shape index (κ2) is 3.45. The van der Waals surface area contributed by atoms with E-state index in [0.29, 0.717) is 5.82 Å². The van der Waals surface area contributed by atoms with Gasteiger partial charge in [0.2, 0.25) is 5.82 Å². The molecule has 0 saturated heterocycles. The van der Waals surface area contributed by atoms with Crippen molar-refractivity contribution in [2.24, 2.45) is 7.05 Å². The molecule has 0 spiro atoms. The molecule has 5 heteroatoms. The first-order valence-electron chi connectivity index (χ1n) is 4.18. The summed E-state index contributed by atoms with van der Waals surface area (Å²) in [6.45, 7) is 0. The molecule has 0 aliphatic carbocycles. The van der Waals surface area contributed by atoms with E-state index in [1.54, 1.807) is 14.2 Å². The van der Waals surface area contributed by atoms with Crippen LogP contribution in [-0.4, -0.2) is 27.3 Å². The molecule has 1 heterocycles. The number of hydrogen-bond donors (Lipinski definition) is 0. The highest BCUT2D eigenvalue weighted by Gasteiger charge is 2.03. The Balaban J connectivity index is 2.33. The van der Waals surface area contributed by atoms with Crippen LogP contribution in [0.2, 0.25) is 0 Å². The second-order valence-electron chi connectivity index (χ2n) is 2.83. The largest absolute Gasteiger partial charge is 0.497 e. The molecule has 1 aromatic heterocycles. The Hall–Kier alpha value is -1.91. The number of aromatic nitrogens is 4. The summed E-state index contributed by atoms with van der Waals surface area (Å²) in [7, 11) is 3.37. The highest BCUT2D eigenvalue weighted by Crippen LogP contribution is 2.17. The van der Waals surface area contributed by atoms with Crippen molar-refractivity contribution in [1.29, 1.82) is 0 Å². The van der Waals surface area contributed by atoms with Crippen molar-refractivity contribution >= 4 is 0 Å². The predicted molar refractivity (Wildman–Crippen MR) is 50.8 cm³/mol. The normalized spacial score (nSPS) is 10.1. The summed E-state index contributed by atoms with van der Waals surface area (Å²) in [6.07, 6.45) is 0. The highest BCUT2D eigenvalue weighted by molar-refractivity contribution is 5.54. The quantitative estimate of drug-likeness (QED) is 0.705.